The molecule has 0 amide bonds. The van der Waals surface area contributed by atoms with Crippen molar-refractivity contribution in [3.8, 4) is 0 Å². The van der Waals surface area contributed by atoms with E-state index in [1.807, 2.05) is 6.92 Å². The van der Waals surface area contributed by atoms with Gasteiger partial charge in [-0.15, -0.1) is 0 Å². The fourth-order valence-electron chi connectivity index (χ4n) is 1.73. The second-order valence-corrected chi connectivity index (χ2v) is 3.61. The van der Waals surface area contributed by atoms with Gasteiger partial charge in [-0.1, -0.05) is 0 Å². The Hall–Kier alpha value is -1.09. The Morgan fingerprint density at radius 3 is 3.08 bits per heavy atom. The van der Waals surface area contributed by atoms with Gasteiger partial charge >= 0.3 is 0 Å². The summed E-state index contributed by atoms with van der Waals surface area (Å²) < 4.78 is 5.46. The Balaban J connectivity index is 2.21. The van der Waals surface area contributed by atoms with E-state index in [0.29, 0.717) is 12.2 Å². The third-order valence-electron chi connectivity index (χ3n) is 2.56. The van der Waals surface area contributed by atoms with Gasteiger partial charge < -0.3 is 9.72 Å². The first kappa shape index (κ1) is 8.51. The van der Waals surface area contributed by atoms with E-state index in [1.54, 1.807) is 18.5 Å². The van der Waals surface area contributed by atoms with Gasteiger partial charge in [0.15, 0.2) is 5.78 Å². The minimum absolute atomic E-state index is 0.0891. The fourth-order valence-corrected chi connectivity index (χ4v) is 1.73. The summed E-state index contributed by atoms with van der Waals surface area (Å²) >= 11 is 0. The predicted molar refractivity (Wildman–Crippen MR) is 48.7 cm³/mol. The second-order valence-electron chi connectivity index (χ2n) is 3.61. The molecule has 1 aliphatic rings. The van der Waals surface area contributed by atoms with Gasteiger partial charge in [-0.05, 0) is 25.8 Å². The molecule has 0 aliphatic carbocycles. The molecule has 1 atom stereocenters. The molecule has 3 heteroatoms. The van der Waals surface area contributed by atoms with Crippen LogP contribution < -0.4 is 0 Å². The summed E-state index contributed by atoms with van der Waals surface area (Å²) in [4.78, 5) is 14.8. The molecule has 13 heavy (non-hydrogen) atoms. The quantitative estimate of drug-likeness (QED) is 0.703. The van der Waals surface area contributed by atoms with Crippen molar-refractivity contribution in [3.05, 3.63) is 24.0 Å². The number of hydrogen-bond acceptors (Lipinski definition) is 2. The predicted octanol–water partition coefficient (Wildman–Crippen LogP) is 1.77. The molecule has 0 saturated carbocycles. The zero-order valence-electron chi connectivity index (χ0n) is 7.67. The Kier molecular flexibility index (Phi) is 1.96. The Morgan fingerprint density at radius 2 is 2.54 bits per heavy atom. The highest BCUT2D eigenvalue weighted by atomic mass is 16.5. The van der Waals surface area contributed by atoms with Gasteiger partial charge in [-0.3, -0.25) is 4.79 Å². The van der Waals surface area contributed by atoms with E-state index in [9.17, 15) is 4.79 Å². The smallest absolute Gasteiger partial charge is 0.195 e. The van der Waals surface area contributed by atoms with Crippen molar-refractivity contribution in [3.63, 3.8) is 0 Å². The van der Waals surface area contributed by atoms with E-state index in [4.69, 9.17) is 4.74 Å². The molecule has 1 fully saturated rings. The number of ketones is 1. The number of aromatic nitrogens is 1. The number of carbonyl (C=O) groups excluding carboxylic acids is 1. The normalized spacial score (nSPS) is 27.8. The van der Waals surface area contributed by atoms with Crippen LogP contribution in [0.3, 0.4) is 0 Å². The average molecular weight is 179 g/mol. The van der Waals surface area contributed by atoms with Crippen molar-refractivity contribution < 1.29 is 9.53 Å². The summed E-state index contributed by atoms with van der Waals surface area (Å²) in [6.45, 7) is 2.57. The lowest BCUT2D eigenvalue weighted by Gasteiger charge is -2.20. The van der Waals surface area contributed by atoms with Crippen molar-refractivity contribution in [2.45, 2.75) is 25.4 Å². The zero-order valence-corrected chi connectivity index (χ0v) is 7.67. The van der Waals surface area contributed by atoms with Gasteiger partial charge in [-0.2, -0.15) is 0 Å². The maximum absolute atomic E-state index is 11.9. The van der Waals surface area contributed by atoms with Gasteiger partial charge in [0.1, 0.15) is 5.60 Å². The van der Waals surface area contributed by atoms with E-state index < -0.39 is 5.60 Å². The number of Topliss-reactive ketones (excluding diaryl/α,β-unsaturated/α-hetero) is 1. The molecule has 1 unspecified atom stereocenters. The molecular weight excluding hydrogens is 166 g/mol. The molecule has 1 aromatic rings. The zero-order chi connectivity index (χ0) is 9.31. The van der Waals surface area contributed by atoms with Gasteiger partial charge in [-0.25, -0.2) is 0 Å². The van der Waals surface area contributed by atoms with E-state index in [1.165, 1.54) is 0 Å². The Labute approximate surface area is 77.1 Å². The van der Waals surface area contributed by atoms with Crippen LogP contribution in [0.5, 0.6) is 0 Å². The molecule has 0 aromatic carbocycles. The third-order valence-corrected chi connectivity index (χ3v) is 2.56. The molecule has 1 saturated heterocycles. The molecular formula is C10H13NO2. The number of ether oxygens (including phenoxy) is 1. The summed E-state index contributed by atoms with van der Waals surface area (Å²) in [6, 6.07) is 1.79. The van der Waals surface area contributed by atoms with Gasteiger partial charge in [0.25, 0.3) is 0 Å². The molecule has 1 N–H and O–H groups in total. The average Bonchev–Trinajstić information content (AvgIpc) is 2.73. The van der Waals surface area contributed by atoms with E-state index in [2.05, 4.69) is 4.98 Å². The summed E-state index contributed by atoms with van der Waals surface area (Å²) in [5, 5.41) is 0. The third kappa shape index (κ3) is 1.40. The Morgan fingerprint density at radius 1 is 1.69 bits per heavy atom. The van der Waals surface area contributed by atoms with Crippen LogP contribution in [0.15, 0.2) is 18.5 Å². The first-order valence-electron chi connectivity index (χ1n) is 4.54. The molecule has 0 spiro atoms. The number of H-pyrrole nitrogens is 1. The van der Waals surface area contributed by atoms with E-state index in [-0.39, 0.29) is 5.78 Å². The van der Waals surface area contributed by atoms with Crippen molar-refractivity contribution >= 4 is 5.78 Å². The molecule has 0 radical (unpaired) electrons. The SMILES string of the molecule is CC1(C(=O)c2cc[nH]c2)CCCO1. The lowest BCUT2D eigenvalue weighted by atomic mass is 9.93. The summed E-state index contributed by atoms with van der Waals surface area (Å²) in [7, 11) is 0. The number of rotatable bonds is 2. The fraction of sp³-hybridized carbons (Fsp3) is 0.500. The first-order chi connectivity index (χ1) is 6.22. The molecule has 1 aliphatic heterocycles. The van der Waals surface area contributed by atoms with Crippen LogP contribution in [0.1, 0.15) is 30.1 Å². The largest absolute Gasteiger partial charge is 0.367 e. The molecule has 1 aromatic heterocycles. The van der Waals surface area contributed by atoms with Crippen LogP contribution in [0.25, 0.3) is 0 Å². The molecule has 2 heterocycles. The van der Waals surface area contributed by atoms with E-state index in [0.717, 1.165) is 12.8 Å². The van der Waals surface area contributed by atoms with Crippen molar-refractivity contribution in [1.82, 2.24) is 4.98 Å². The van der Waals surface area contributed by atoms with Gasteiger partial charge in [0.2, 0.25) is 0 Å². The highest BCUT2D eigenvalue weighted by Gasteiger charge is 2.38. The van der Waals surface area contributed by atoms with Crippen LogP contribution in [0.2, 0.25) is 0 Å². The van der Waals surface area contributed by atoms with Gasteiger partial charge in [0, 0.05) is 24.6 Å². The van der Waals surface area contributed by atoms with Crippen LogP contribution in [0.4, 0.5) is 0 Å². The molecule has 70 valence electrons. The lowest BCUT2D eigenvalue weighted by Crippen LogP contribution is -2.34. The topological polar surface area (TPSA) is 42.1 Å². The molecule has 0 bridgehead atoms. The maximum atomic E-state index is 11.9. The molecule has 3 nitrogen and oxygen atoms in total. The van der Waals surface area contributed by atoms with Crippen LogP contribution >= 0.6 is 0 Å². The number of hydrogen-bond donors (Lipinski definition) is 1. The standard InChI is InChI=1S/C10H13NO2/c1-10(4-2-6-13-10)9(12)8-3-5-11-7-8/h3,5,7,11H,2,4,6H2,1H3. The second kappa shape index (κ2) is 3.00. The summed E-state index contributed by atoms with van der Waals surface area (Å²) in [5.74, 6) is 0.0891. The minimum Gasteiger partial charge on any atom is -0.367 e. The van der Waals surface area contributed by atoms with E-state index >= 15 is 0 Å². The summed E-state index contributed by atoms with van der Waals surface area (Å²) in [6.07, 6.45) is 5.28. The number of nitrogens with one attached hydrogen (secondary N) is 1. The number of aromatic amines is 1. The van der Waals surface area contributed by atoms with Crippen molar-refractivity contribution in [2.24, 2.45) is 0 Å². The molecule has 2 rings (SSSR count). The monoisotopic (exact) mass is 179 g/mol. The summed E-state index contributed by atoms with van der Waals surface area (Å²) in [5.41, 5.74) is 0.131. The van der Waals surface area contributed by atoms with Crippen LogP contribution in [0, 0.1) is 0 Å². The lowest BCUT2D eigenvalue weighted by molar-refractivity contribution is 0.0214. The number of carbonyl (C=O) groups is 1. The first-order valence-corrected chi connectivity index (χ1v) is 4.54. The van der Waals surface area contributed by atoms with Gasteiger partial charge in [0.05, 0.1) is 0 Å². The highest BCUT2D eigenvalue weighted by molar-refractivity contribution is 6.02. The van der Waals surface area contributed by atoms with Crippen molar-refractivity contribution in [1.29, 1.82) is 0 Å². The van der Waals surface area contributed by atoms with Crippen LogP contribution in [-0.2, 0) is 4.74 Å². The van der Waals surface area contributed by atoms with Crippen LogP contribution in [-0.4, -0.2) is 23.0 Å². The van der Waals surface area contributed by atoms with Crippen molar-refractivity contribution in [2.75, 3.05) is 6.61 Å². The maximum Gasteiger partial charge on any atom is 0.195 e. The highest BCUT2D eigenvalue weighted by Crippen LogP contribution is 2.28. The minimum atomic E-state index is -0.581. The Bertz CT molecular complexity index is 297.